The molecule has 0 aliphatic heterocycles. The highest BCUT2D eigenvalue weighted by molar-refractivity contribution is 6.08. The standard InChI is InChI=1S/C18H16O3/c19-16-9-15-13-6-5-10-3-1-2-4-11(10)12(13)7-8-14(15)17(20)18(16)21/h1-8,16-21H,9H2. The third kappa shape index (κ3) is 1.79. The molecule has 3 N–H and O–H groups in total. The molecule has 21 heavy (non-hydrogen) atoms. The molecule has 0 heterocycles. The van der Waals surface area contributed by atoms with Crippen molar-refractivity contribution in [1.82, 2.24) is 0 Å². The third-order valence-corrected chi connectivity index (χ3v) is 4.52. The largest absolute Gasteiger partial charge is 0.390 e. The van der Waals surface area contributed by atoms with E-state index in [1.165, 1.54) is 5.39 Å². The van der Waals surface area contributed by atoms with Gasteiger partial charge >= 0.3 is 0 Å². The summed E-state index contributed by atoms with van der Waals surface area (Å²) in [6, 6.07) is 16.1. The molecule has 0 saturated heterocycles. The molecule has 4 rings (SSSR count). The predicted molar refractivity (Wildman–Crippen MR) is 82.1 cm³/mol. The van der Waals surface area contributed by atoms with E-state index in [0.29, 0.717) is 6.42 Å². The van der Waals surface area contributed by atoms with Gasteiger partial charge in [-0.3, -0.25) is 0 Å². The molecule has 3 aromatic rings. The molecule has 0 saturated carbocycles. The van der Waals surface area contributed by atoms with Crippen LogP contribution in [0.1, 0.15) is 17.2 Å². The maximum absolute atomic E-state index is 10.2. The van der Waals surface area contributed by atoms with Gasteiger partial charge in [0, 0.05) is 6.42 Å². The molecule has 3 aromatic carbocycles. The second-order valence-corrected chi connectivity index (χ2v) is 5.72. The van der Waals surface area contributed by atoms with Gasteiger partial charge in [0.05, 0.1) is 6.10 Å². The van der Waals surface area contributed by atoms with Crippen LogP contribution in [0.15, 0.2) is 48.5 Å². The lowest BCUT2D eigenvalue weighted by molar-refractivity contribution is -0.0682. The summed E-state index contributed by atoms with van der Waals surface area (Å²) < 4.78 is 0. The first-order chi connectivity index (χ1) is 10.2. The molecule has 3 nitrogen and oxygen atoms in total. The number of hydrogen-bond acceptors (Lipinski definition) is 3. The number of hydrogen-bond donors (Lipinski definition) is 3. The molecule has 1 aliphatic carbocycles. The van der Waals surface area contributed by atoms with Crippen molar-refractivity contribution in [2.75, 3.05) is 0 Å². The highest BCUT2D eigenvalue weighted by Crippen LogP contribution is 2.37. The van der Waals surface area contributed by atoms with Crippen molar-refractivity contribution in [3.63, 3.8) is 0 Å². The maximum Gasteiger partial charge on any atom is 0.110 e. The van der Waals surface area contributed by atoms with Gasteiger partial charge in [-0.15, -0.1) is 0 Å². The van der Waals surface area contributed by atoms with Crippen LogP contribution in [0.3, 0.4) is 0 Å². The van der Waals surface area contributed by atoms with Crippen LogP contribution in [0.25, 0.3) is 21.5 Å². The number of fused-ring (bicyclic) bond motifs is 5. The highest BCUT2D eigenvalue weighted by atomic mass is 16.4. The number of benzene rings is 3. The Bertz CT molecular complexity index is 840. The molecule has 0 bridgehead atoms. The summed E-state index contributed by atoms with van der Waals surface area (Å²) in [5.74, 6) is 0. The second kappa shape index (κ2) is 4.53. The minimum atomic E-state index is -1.12. The molecular formula is C18H16O3. The smallest absolute Gasteiger partial charge is 0.110 e. The average Bonchev–Trinajstić information content (AvgIpc) is 2.52. The summed E-state index contributed by atoms with van der Waals surface area (Å²) >= 11 is 0. The molecule has 0 fully saturated rings. The fourth-order valence-electron chi connectivity index (χ4n) is 3.40. The van der Waals surface area contributed by atoms with E-state index < -0.39 is 18.3 Å². The van der Waals surface area contributed by atoms with Crippen molar-refractivity contribution in [2.45, 2.75) is 24.7 Å². The van der Waals surface area contributed by atoms with Crippen LogP contribution in [-0.4, -0.2) is 27.5 Å². The molecule has 0 aromatic heterocycles. The Labute approximate surface area is 122 Å². The van der Waals surface area contributed by atoms with Gasteiger partial charge in [-0.2, -0.15) is 0 Å². The van der Waals surface area contributed by atoms with Crippen molar-refractivity contribution in [2.24, 2.45) is 0 Å². The number of aliphatic hydroxyl groups is 3. The second-order valence-electron chi connectivity index (χ2n) is 5.72. The Hall–Kier alpha value is -1.94. The van der Waals surface area contributed by atoms with E-state index in [9.17, 15) is 15.3 Å². The molecule has 106 valence electrons. The van der Waals surface area contributed by atoms with Gasteiger partial charge < -0.3 is 15.3 Å². The van der Waals surface area contributed by atoms with Crippen LogP contribution in [0, 0.1) is 0 Å². The van der Waals surface area contributed by atoms with Crippen LogP contribution in [0.4, 0.5) is 0 Å². The maximum atomic E-state index is 10.2. The zero-order valence-corrected chi connectivity index (χ0v) is 11.4. The number of rotatable bonds is 0. The Morgan fingerprint density at radius 1 is 0.762 bits per heavy atom. The Kier molecular flexibility index (Phi) is 2.76. The summed E-state index contributed by atoms with van der Waals surface area (Å²) in [7, 11) is 0. The van der Waals surface area contributed by atoms with Gasteiger partial charge in [0.2, 0.25) is 0 Å². The van der Waals surface area contributed by atoms with Crippen molar-refractivity contribution < 1.29 is 15.3 Å². The van der Waals surface area contributed by atoms with E-state index in [2.05, 4.69) is 18.2 Å². The van der Waals surface area contributed by atoms with Crippen molar-refractivity contribution in [3.8, 4) is 0 Å². The Morgan fingerprint density at radius 3 is 2.38 bits per heavy atom. The highest BCUT2D eigenvalue weighted by Gasteiger charge is 2.34. The number of aliphatic hydroxyl groups excluding tert-OH is 3. The summed E-state index contributed by atoms with van der Waals surface area (Å²) in [6.07, 6.45) is -2.71. The van der Waals surface area contributed by atoms with Crippen LogP contribution < -0.4 is 0 Å². The zero-order valence-electron chi connectivity index (χ0n) is 11.4. The summed E-state index contributed by atoms with van der Waals surface area (Å²) in [4.78, 5) is 0. The van der Waals surface area contributed by atoms with E-state index >= 15 is 0 Å². The lowest BCUT2D eigenvalue weighted by atomic mass is 9.82. The van der Waals surface area contributed by atoms with Crippen LogP contribution in [0.5, 0.6) is 0 Å². The van der Waals surface area contributed by atoms with E-state index in [1.54, 1.807) is 0 Å². The molecule has 0 radical (unpaired) electrons. The lowest BCUT2D eigenvalue weighted by Gasteiger charge is -2.31. The first kappa shape index (κ1) is 12.8. The first-order valence-electron chi connectivity index (χ1n) is 7.14. The van der Waals surface area contributed by atoms with Gasteiger partial charge in [-0.1, -0.05) is 48.5 Å². The SMILES string of the molecule is OC1Cc2c(ccc3c2ccc2ccccc23)C(O)C1O. The fourth-order valence-corrected chi connectivity index (χ4v) is 3.40. The Morgan fingerprint density at radius 2 is 1.52 bits per heavy atom. The summed E-state index contributed by atoms with van der Waals surface area (Å²) in [5, 5.41) is 34.4. The summed E-state index contributed by atoms with van der Waals surface area (Å²) in [5.41, 5.74) is 1.65. The monoisotopic (exact) mass is 280 g/mol. The molecule has 3 unspecified atom stereocenters. The minimum Gasteiger partial charge on any atom is -0.390 e. The Balaban J connectivity index is 2.06. The van der Waals surface area contributed by atoms with Gasteiger partial charge in [0.25, 0.3) is 0 Å². The normalized spacial score (nSPS) is 25.2. The lowest BCUT2D eigenvalue weighted by Crippen LogP contribution is -2.38. The van der Waals surface area contributed by atoms with Gasteiger partial charge in [-0.05, 0) is 32.7 Å². The van der Waals surface area contributed by atoms with E-state index in [1.807, 2.05) is 30.3 Å². The minimum absolute atomic E-state index is 0.364. The van der Waals surface area contributed by atoms with Crippen molar-refractivity contribution >= 4 is 21.5 Å². The summed E-state index contributed by atoms with van der Waals surface area (Å²) in [6.45, 7) is 0. The molecule has 3 heteroatoms. The molecule has 0 spiro atoms. The van der Waals surface area contributed by atoms with Crippen molar-refractivity contribution in [1.29, 1.82) is 0 Å². The third-order valence-electron chi connectivity index (χ3n) is 4.52. The quantitative estimate of drug-likeness (QED) is 0.554. The van der Waals surface area contributed by atoms with E-state index in [0.717, 1.165) is 27.3 Å². The predicted octanol–water partition coefficient (Wildman–Crippen LogP) is 2.30. The fraction of sp³-hybridized carbons (Fsp3) is 0.222. The molecule has 1 aliphatic rings. The molecule has 3 atom stereocenters. The van der Waals surface area contributed by atoms with Gasteiger partial charge in [0.15, 0.2) is 0 Å². The topological polar surface area (TPSA) is 60.7 Å². The van der Waals surface area contributed by atoms with Crippen LogP contribution in [-0.2, 0) is 6.42 Å². The van der Waals surface area contributed by atoms with Gasteiger partial charge in [-0.25, -0.2) is 0 Å². The molecule has 0 amide bonds. The van der Waals surface area contributed by atoms with Gasteiger partial charge in [0.1, 0.15) is 12.2 Å². The zero-order chi connectivity index (χ0) is 14.6. The first-order valence-corrected chi connectivity index (χ1v) is 7.14. The van der Waals surface area contributed by atoms with Crippen molar-refractivity contribution in [3.05, 3.63) is 59.7 Å². The van der Waals surface area contributed by atoms with Crippen LogP contribution >= 0.6 is 0 Å². The average molecular weight is 280 g/mol. The van der Waals surface area contributed by atoms with E-state index in [-0.39, 0.29) is 0 Å². The molecular weight excluding hydrogens is 264 g/mol. The van der Waals surface area contributed by atoms with Crippen LogP contribution in [0.2, 0.25) is 0 Å². The van der Waals surface area contributed by atoms with E-state index in [4.69, 9.17) is 0 Å².